The first-order valence-corrected chi connectivity index (χ1v) is 12.7. The smallest absolute Gasteiger partial charge is 0.160 e. The summed E-state index contributed by atoms with van der Waals surface area (Å²) in [6.07, 6.45) is 0. The van der Waals surface area contributed by atoms with E-state index in [-0.39, 0.29) is 0 Å². The Bertz CT molecular complexity index is 1410. The van der Waals surface area contributed by atoms with Crippen LogP contribution in [0.2, 0.25) is 0 Å². The summed E-state index contributed by atoms with van der Waals surface area (Å²) in [5.74, 6) is 0.702. The van der Waals surface area contributed by atoms with Crippen LogP contribution in [0.3, 0.4) is 0 Å². The van der Waals surface area contributed by atoms with Crippen LogP contribution in [0.4, 0.5) is 0 Å². The molecular formula is C28H17Br3N2. The van der Waals surface area contributed by atoms with E-state index in [0.29, 0.717) is 5.82 Å². The van der Waals surface area contributed by atoms with Gasteiger partial charge in [0, 0.05) is 30.1 Å². The molecule has 0 radical (unpaired) electrons. The topological polar surface area (TPSA) is 25.8 Å². The molecule has 1 heterocycles. The van der Waals surface area contributed by atoms with E-state index in [2.05, 4.69) is 115 Å². The van der Waals surface area contributed by atoms with Gasteiger partial charge in [-0.3, -0.25) is 0 Å². The average Bonchev–Trinajstić information content (AvgIpc) is 2.84. The van der Waals surface area contributed by atoms with Crippen molar-refractivity contribution in [2.75, 3.05) is 0 Å². The Balaban J connectivity index is 1.67. The molecule has 0 N–H and O–H groups in total. The molecule has 160 valence electrons. The molecule has 0 aliphatic carbocycles. The van der Waals surface area contributed by atoms with E-state index in [1.54, 1.807) is 0 Å². The highest BCUT2D eigenvalue weighted by atomic mass is 79.9. The molecule has 0 saturated carbocycles. The SMILES string of the molecule is Brc1ccc(-c2cccc(-c3cc(-c4cc(Br)cc(Br)c4)nc(-c4ccccc4)n3)c2)cc1. The number of rotatable bonds is 4. The molecule has 0 aliphatic heterocycles. The molecule has 0 atom stereocenters. The monoisotopic (exact) mass is 618 g/mol. The third-order valence-electron chi connectivity index (χ3n) is 5.25. The Kier molecular flexibility index (Phi) is 6.54. The molecule has 5 rings (SSSR count). The van der Waals surface area contributed by atoms with Gasteiger partial charge in [-0.25, -0.2) is 9.97 Å². The van der Waals surface area contributed by atoms with Crippen LogP contribution in [0, 0.1) is 0 Å². The van der Waals surface area contributed by atoms with E-state index in [1.807, 2.05) is 36.4 Å². The minimum absolute atomic E-state index is 0.702. The third kappa shape index (κ3) is 5.16. The zero-order chi connectivity index (χ0) is 22.8. The summed E-state index contributed by atoms with van der Waals surface area (Å²) in [6, 6.07) is 35.1. The van der Waals surface area contributed by atoms with Gasteiger partial charge < -0.3 is 0 Å². The average molecular weight is 621 g/mol. The van der Waals surface area contributed by atoms with Gasteiger partial charge in [-0.2, -0.15) is 0 Å². The molecule has 0 aliphatic rings. The first-order chi connectivity index (χ1) is 16.0. The zero-order valence-electron chi connectivity index (χ0n) is 17.3. The van der Waals surface area contributed by atoms with Crippen LogP contribution in [0.5, 0.6) is 0 Å². The summed E-state index contributed by atoms with van der Waals surface area (Å²) in [7, 11) is 0. The van der Waals surface area contributed by atoms with Crippen molar-refractivity contribution in [1.82, 2.24) is 9.97 Å². The normalized spacial score (nSPS) is 10.9. The van der Waals surface area contributed by atoms with E-state index in [4.69, 9.17) is 9.97 Å². The lowest BCUT2D eigenvalue weighted by Gasteiger charge is -2.11. The van der Waals surface area contributed by atoms with Crippen molar-refractivity contribution in [1.29, 1.82) is 0 Å². The first-order valence-electron chi connectivity index (χ1n) is 10.3. The number of hydrogen-bond acceptors (Lipinski definition) is 2. The van der Waals surface area contributed by atoms with E-state index >= 15 is 0 Å². The van der Waals surface area contributed by atoms with E-state index in [1.165, 1.54) is 0 Å². The van der Waals surface area contributed by atoms with Crippen molar-refractivity contribution in [3.63, 3.8) is 0 Å². The summed E-state index contributed by atoms with van der Waals surface area (Å²) in [5.41, 5.74) is 7.11. The van der Waals surface area contributed by atoms with E-state index in [0.717, 1.165) is 52.6 Å². The van der Waals surface area contributed by atoms with Crippen molar-refractivity contribution in [2.24, 2.45) is 0 Å². The summed E-state index contributed by atoms with van der Waals surface area (Å²) < 4.78 is 3.05. The standard InChI is InChI=1S/C28H17Br3N2/c29-23-11-9-18(10-12-23)20-7-4-8-21(13-20)26-17-27(22-14-24(30)16-25(31)15-22)33-28(32-26)19-5-2-1-3-6-19/h1-17H. The van der Waals surface area contributed by atoms with Crippen molar-refractivity contribution < 1.29 is 0 Å². The largest absolute Gasteiger partial charge is 0.228 e. The molecule has 2 nitrogen and oxygen atoms in total. The molecule has 0 bridgehead atoms. The highest BCUT2D eigenvalue weighted by Gasteiger charge is 2.12. The molecule has 5 aromatic rings. The van der Waals surface area contributed by atoms with Gasteiger partial charge >= 0.3 is 0 Å². The maximum absolute atomic E-state index is 4.95. The van der Waals surface area contributed by atoms with Gasteiger partial charge in [-0.05, 0) is 53.6 Å². The van der Waals surface area contributed by atoms with Gasteiger partial charge in [-0.1, -0.05) is 108 Å². The van der Waals surface area contributed by atoms with Crippen molar-refractivity contribution in [3.8, 4) is 45.0 Å². The number of nitrogens with zero attached hydrogens (tertiary/aromatic N) is 2. The predicted molar refractivity (Wildman–Crippen MR) is 147 cm³/mol. The fourth-order valence-corrected chi connectivity index (χ4v) is 5.22. The number of aromatic nitrogens is 2. The zero-order valence-corrected chi connectivity index (χ0v) is 22.1. The van der Waals surface area contributed by atoms with E-state index in [9.17, 15) is 0 Å². The Morgan fingerprint density at radius 1 is 0.394 bits per heavy atom. The summed E-state index contributed by atoms with van der Waals surface area (Å²) >= 11 is 10.7. The van der Waals surface area contributed by atoms with Crippen molar-refractivity contribution >= 4 is 47.8 Å². The Hall–Kier alpha value is -2.60. The minimum atomic E-state index is 0.702. The molecule has 1 aromatic heterocycles. The van der Waals surface area contributed by atoms with Crippen LogP contribution in [-0.4, -0.2) is 9.97 Å². The maximum Gasteiger partial charge on any atom is 0.160 e. The maximum atomic E-state index is 4.95. The van der Waals surface area contributed by atoms with Gasteiger partial charge in [0.25, 0.3) is 0 Å². The van der Waals surface area contributed by atoms with Crippen molar-refractivity contribution in [3.05, 3.63) is 117 Å². The Morgan fingerprint density at radius 2 is 1.00 bits per heavy atom. The number of halogens is 3. The van der Waals surface area contributed by atoms with Crippen LogP contribution in [0.1, 0.15) is 0 Å². The fraction of sp³-hybridized carbons (Fsp3) is 0. The highest BCUT2D eigenvalue weighted by Crippen LogP contribution is 2.32. The summed E-state index contributed by atoms with van der Waals surface area (Å²) in [6.45, 7) is 0. The van der Waals surface area contributed by atoms with Gasteiger partial charge in [-0.15, -0.1) is 0 Å². The molecule has 0 unspecified atom stereocenters. The molecule has 0 fully saturated rings. The summed E-state index contributed by atoms with van der Waals surface area (Å²) in [5, 5.41) is 0. The lowest BCUT2D eigenvalue weighted by molar-refractivity contribution is 1.18. The van der Waals surface area contributed by atoms with Gasteiger partial charge in [0.2, 0.25) is 0 Å². The number of benzene rings is 4. The third-order valence-corrected chi connectivity index (χ3v) is 6.70. The lowest BCUT2D eigenvalue weighted by atomic mass is 10.0. The van der Waals surface area contributed by atoms with Crippen LogP contribution < -0.4 is 0 Å². The molecule has 33 heavy (non-hydrogen) atoms. The molecular weight excluding hydrogens is 604 g/mol. The number of hydrogen-bond donors (Lipinski definition) is 0. The van der Waals surface area contributed by atoms with Crippen LogP contribution in [-0.2, 0) is 0 Å². The Labute approximate surface area is 218 Å². The second-order valence-electron chi connectivity index (χ2n) is 7.57. The minimum Gasteiger partial charge on any atom is -0.228 e. The molecule has 0 spiro atoms. The lowest BCUT2D eigenvalue weighted by Crippen LogP contribution is -1.96. The van der Waals surface area contributed by atoms with Gasteiger partial charge in [0.15, 0.2) is 5.82 Å². The second kappa shape index (κ2) is 9.72. The molecule has 0 amide bonds. The van der Waals surface area contributed by atoms with Crippen LogP contribution >= 0.6 is 47.8 Å². The quantitative estimate of drug-likeness (QED) is 0.200. The first kappa shape index (κ1) is 22.2. The predicted octanol–water partition coefficient (Wildman–Crippen LogP) is 9.43. The van der Waals surface area contributed by atoms with Crippen LogP contribution in [0.25, 0.3) is 45.0 Å². The fourth-order valence-electron chi connectivity index (χ4n) is 3.66. The second-order valence-corrected chi connectivity index (χ2v) is 10.3. The van der Waals surface area contributed by atoms with Gasteiger partial charge in [0.1, 0.15) is 0 Å². The van der Waals surface area contributed by atoms with E-state index < -0.39 is 0 Å². The molecule has 0 saturated heterocycles. The highest BCUT2D eigenvalue weighted by molar-refractivity contribution is 9.11. The van der Waals surface area contributed by atoms with Crippen LogP contribution in [0.15, 0.2) is 117 Å². The van der Waals surface area contributed by atoms with Gasteiger partial charge in [0.05, 0.1) is 11.4 Å². The summed E-state index contributed by atoms with van der Waals surface area (Å²) in [4.78, 5) is 9.87. The molecule has 5 heteroatoms. The Morgan fingerprint density at radius 3 is 1.70 bits per heavy atom. The molecule has 4 aromatic carbocycles. The van der Waals surface area contributed by atoms with Crippen molar-refractivity contribution in [2.45, 2.75) is 0 Å².